The summed E-state index contributed by atoms with van der Waals surface area (Å²) in [5, 5.41) is 2.95. The number of nitrogen functional groups attached to an aromatic ring is 1. The molecule has 1 aliphatic carbocycles. The molecule has 1 amide bonds. The maximum atomic E-state index is 12.3. The highest BCUT2D eigenvalue weighted by atomic mass is 32.2. The quantitative estimate of drug-likeness (QED) is 0.840. The Morgan fingerprint density at radius 3 is 2.86 bits per heavy atom. The van der Waals surface area contributed by atoms with Gasteiger partial charge in [0.25, 0.3) is 0 Å². The summed E-state index contributed by atoms with van der Waals surface area (Å²) in [6.07, 6.45) is 4.27. The summed E-state index contributed by atoms with van der Waals surface area (Å²) in [6, 6.07) is 5.42. The number of rotatable bonds is 4. The first-order valence-corrected chi connectivity index (χ1v) is 8.87. The third-order valence-corrected chi connectivity index (χ3v) is 5.81. The van der Waals surface area contributed by atoms with Gasteiger partial charge in [-0.3, -0.25) is 9.00 Å². The molecule has 3 atom stereocenters. The van der Waals surface area contributed by atoms with E-state index in [9.17, 15) is 9.00 Å². The second-order valence-electron chi connectivity index (χ2n) is 6.04. The van der Waals surface area contributed by atoms with Crippen LogP contribution in [-0.4, -0.2) is 21.1 Å². The SMILES string of the molecule is Cc1ccc(NC(=O)CS(=O)C2CCCC(C)C2)cc1N. The van der Waals surface area contributed by atoms with Crippen LogP contribution in [0.2, 0.25) is 0 Å². The van der Waals surface area contributed by atoms with Crippen molar-refractivity contribution in [2.75, 3.05) is 16.8 Å². The average Bonchev–Trinajstić information content (AvgIpc) is 2.43. The molecular weight excluding hydrogens is 284 g/mol. The number of aryl methyl sites for hydroxylation is 1. The van der Waals surface area contributed by atoms with Crippen molar-refractivity contribution in [2.24, 2.45) is 5.92 Å². The summed E-state index contributed by atoms with van der Waals surface area (Å²) in [5.74, 6) is 0.494. The normalized spacial score (nSPS) is 23.5. The summed E-state index contributed by atoms with van der Waals surface area (Å²) in [5.41, 5.74) is 8.11. The van der Waals surface area contributed by atoms with Crippen molar-refractivity contribution in [3.63, 3.8) is 0 Å². The van der Waals surface area contributed by atoms with E-state index in [1.54, 1.807) is 6.07 Å². The first kappa shape index (κ1) is 16.0. The van der Waals surface area contributed by atoms with Crippen molar-refractivity contribution >= 4 is 28.1 Å². The van der Waals surface area contributed by atoms with Crippen LogP contribution < -0.4 is 11.1 Å². The molecule has 2 rings (SSSR count). The van der Waals surface area contributed by atoms with E-state index in [0.717, 1.165) is 24.8 Å². The van der Waals surface area contributed by atoms with E-state index in [-0.39, 0.29) is 16.9 Å². The van der Waals surface area contributed by atoms with E-state index in [1.165, 1.54) is 6.42 Å². The van der Waals surface area contributed by atoms with Crippen LogP contribution in [0.4, 0.5) is 11.4 Å². The van der Waals surface area contributed by atoms with Crippen molar-refractivity contribution in [2.45, 2.75) is 44.8 Å². The third-order valence-electron chi connectivity index (χ3n) is 4.10. The lowest BCUT2D eigenvalue weighted by Gasteiger charge is -2.25. The van der Waals surface area contributed by atoms with Gasteiger partial charge in [0, 0.05) is 27.4 Å². The number of nitrogens with two attached hydrogens (primary N) is 1. The molecule has 0 aromatic heterocycles. The minimum Gasteiger partial charge on any atom is -0.398 e. The number of hydrogen-bond donors (Lipinski definition) is 2. The molecule has 1 fully saturated rings. The molecule has 5 heteroatoms. The maximum absolute atomic E-state index is 12.3. The minimum atomic E-state index is -1.08. The molecule has 1 aliphatic rings. The van der Waals surface area contributed by atoms with Crippen LogP contribution in [0.5, 0.6) is 0 Å². The van der Waals surface area contributed by atoms with Crippen LogP contribution in [-0.2, 0) is 15.6 Å². The van der Waals surface area contributed by atoms with E-state index in [4.69, 9.17) is 5.73 Å². The van der Waals surface area contributed by atoms with Crippen LogP contribution >= 0.6 is 0 Å². The van der Waals surface area contributed by atoms with Crippen LogP contribution in [0.15, 0.2) is 18.2 Å². The monoisotopic (exact) mass is 308 g/mol. The topological polar surface area (TPSA) is 72.2 Å². The second-order valence-corrected chi connectivity index (χ2v) is 7.76. The van der Waals surface area contributed by atoms with Crippen LogP contribution in [0.1, 0.15) is 38.2 Å². The van der Waals surface area contributed by atoms with E-state index in [0.29, 0.717) is 17.3 Å². The average molecular weight is 308 g/mol. The van der Waals surface area contributed by atoms with Crippen LogP contribution in [0.25, 0.3) is 0 Å². The van der Waals surface area contributed by atoms with E-state index < -0.39 is 10.8 Å². The van der Waals surface area contributed by atoms with Gasteiger partial charge in [0.2, 0.25) is 5.91 Å². The minimum absolute atomic E-state index is 0.0746. The molecule has 3 N–H and O–H groups in total. The predicted octanol–water partition coefficient (Wildman–Crippen LogP) is 2.84. The molecule has 116 valence electrons. The molecule has 4 nitrogen and oxygen atoms in total. The smallest absolute Gasteiger partial charge is 0.237 e. The van der Waals surface area contributed by atoms with Crippen molar-refractivity contribution in [3.05, 3.63) is 23.8 Å². The van der Waals surface area contributed by atoms with Gasteiger partial charge in [-0.1, -0.05) is 25.8 Å². The zero-order valence-corrected chi connectivity index (χ0v) is 13.5. The van der Waals surface area contributed by atoms with Crippen molar-refractivity contribution < 1.29 is 9.00 Å². The fraction of sp³-hybridized carbons (Fsp3) is 0.562. The van der Waals surface area contributed by atoms with Gasteiger partial charge >= 0.3 is 0 Å². The Morgan fingerprint density at radius 2 is 2.19 bits per heavy atom. The number of nitrogens with one attached hydrogen (secondary N) is 1. The highest BCUT2D eigenvalue weighted by Crippen LogP contribution is 2.27. The fourth-order valence-electron chi connectivity index (χ4n) is 2.78. The van der Waals surface area contributed by atoms with Gasteiger partial charge < -0.3 is 11.1 Å². The summed E-state index contributed by atoms with van der Waals surface area (Å²) in [7, 11) is -1.08. The van der Waals surface area contributed by atoms with E-state index in [2.05, 4.69) is 12.2 Å². The van der Waals surface area contributed by atoms with Gasteiger partial charge in [0.1, 0.15) is 5.75 Å². The van der Waals surface area contributed by atoms with Crippen LogP contribution in [0.3, 0.4) is 0 Å². The molecule has 1 saturated carbocycles. The van der Waals surface area contributed by atoms with Crippen molar-refractivity contribution in [1.82, 2.24) is 0 Å². The first-order valence-electron chi connectivity index (χ1n) is 7.49. The van der Waals surface area contributed by atoms with Gasteiger partial charge in [-0.15, -0.1) is 0 Å². The molecule has 0 heterocycles. The highest BCUT2D eigenvalue weighted by Gasteiger charge is 2.25. The summed E-state index contributed by atoms with van der Waals surface area (Å²) >= 11 is 0. The largest absolute Gasteiger partial charge is 0.398 e. The molecule has 1 aromatic carbocycles. The Morgan fingerprint density at radius 1 is 1.43 bits per heavy atom. The number of carbonyl (C=O) groups is 1. The van der Waals surface area contributed by atoms with Gasteiger partial charge in [-0.2, -0.15) is 0 Å². The number of carbonyl (C=O) groups excluding carboxylic acids is 1. The molecule has 3 unspecified atom stereocenters. The Labute approximate surface area is 129 Å². The predicted molar refractivity (Wildman–Crippen MR) is 88.7 cm³/mol. The number of anilines is 2. The number of hydrogen-bond acceptors (Lipinski definition) is 3. The van der Waals surface area contributed by atoms with Crippen molar-refractivity contribution in [3.8, 4) is 0 Å². The Bertz CT molecular complexity index is 545. The van der Waals surface area contributed by atoms with Crippen molar-refractivity contribution in [1.29, 1.82) is 0 Å². The lowest BCUT2D eigenvalue weighted by Crippen LogP contribution is -2.29. The lowest BCUT2D eigenvalue weighted by molar-refractivity contribution is -0.113. The zero-order valence-electron chi connectivity index (χ0n) is 12.7. The number of benzene rings is 1. The standard InChI is InChI=1S/C16H24N2O2S/c1-11-4-3-5-14(8-11)21(20)10-16(19)18-13-7-6-12(2)15(17)9-13/h6-7,9,11,14H,3-5,8,10,17H2,1-2H3,(H,18,19). The van der Waals surface area contributed by atoms with Gasteiger partial charge in [0.05, 0.1) is 0 Å². The molecule has 1 aromatic rings. The summed E-state index contributed by atoms with van der Waals surface area (Å²) in [6.45, 7) is 4.11. The molecular formula is C16H24N2O2S. The lowest BCUT2D eigenvalue weighted by atomic mass is 9.91. The summed E-state index contributed by atoms with van der Waals surface area (Å²) < 4.78 is 12.3. The summed E-state index contributed by atoms with van der Waals surface area (Å²) in [4.78, 5) is 12.0. The third kappa shape index (κ3) is 4.56. The highest BCUT2D eigenvalue weighted by molar-refractivity contribution is 7.86. The fourth-order valence-corrected chi connectivity index (χ4v) is 4.32. The van der Waals surface area contributed by atoms with Gasteiger partial charge in [-0.05, 0) is 43.4 Å². The van der Waals surface area contributed by atoms with E-state index in [1.807, 2.05) is 19.1 Å². The molecule has 0 saturated heterocycles. The maximum Gasteiger partial charge on any atom is 0.237 e. The molecule has 0 spiro atoms. The molecule has 0 aliphatic heterocycles. The molecule has 0 bridgehead atoms. The van der Waals surface area contributed by atoms with Gasteiger partial charge in [0.15, 0.2) is 0 Å². The Kier molecular flexibility index (Phi) is 5.39. The Hall–Kier alpha value is -1.36. The van der Waals surface area contributed by atoms with E-state index >= 15 is 0 Å². The first-order chi connectivity index (χ1) is 9.95. The molecule has 21 heavy (non-hydrogen) atoms. The van der Waals surface area contributed by atoms with Gasteiger partial charge in [-0.25, -0.2) is 0 Å². The zero-order chi connectivity index (χ0) is 15.4. The number of amides is 1. The van der Waals surface area contributed by atoms with Crippen LogP contribution in [0, 0.1) is 12.8 Å². The second kappa shape index (κ2) is 7.07. The molecule has 0 radical (unpaired) electrons. The Balaban J connectivity index is 1.88.